The molecule has 1 aliphatic heterocycles. The second-order valence-corrected chi connectivity index (χ2v) is 7.33. The fourth-order valence-electron chi connectivity index (χ4n) is 1.89. The van der Waals surface area contributed by atoms with Gasteiger partial charge in [-0.05, 0) is 60.3 Å². The lowest BCUT2D eigenvalue weighted by molar-refractivity contribution is 0.696. The molecule has 0 radical (unpaired) electrons. The monoisotopic (exact) mass is 238 g/mol. The normalized spacial score (nSPS) is 24.7. The van der Waals surface area contributed by atoms with Crippen LogP contribution in [0, 0.1) is 0 Å². The van der Waals surface area contributed by atoms with Gasteiger partial charge in [0.2, 0.25) is 0 Å². The van der Waals surface area contributed by atoms with Gasteiger partial charge in [-0.1, -0.05) is 23.3 Å². The lowest BCUT2D eigenvalue weighted by Gasteiger charge is -2.02. The van der Waals surface area contributed by atoms with Gasteiger partial charge in [0.15, 0.2) is 0 Å². The predicted octanol–water partition coefficient (Wildman–Crippen LogP) is 5.35. The van der Waals surface area contributed by atoms with E-state index in [4.69, 9.17) is 0 Å². The maximum absolute atomic E-state index is 2.42. The van der Waals surface area contributed by atoms with E-state index in [9.17, 15) is 0 Å². The van der Waals surface area contributed by atoms with Crippen LogP contribution in [0.3, 0.4) is 0 Å². The molecule has 0 spiro atoms. The van der Waals surface area contributed by atoms with E-state index < -0.39 is 0 Å². The molecule has 1 atom stereocenters. The summed E-state index contributed by atoms with van der Waals surface area (Å²) in [4.78, 5) is 0. The van der Waals surface area contributed by atoms with E-state index in [1.807, 2.05) is 0 Å². The summed E-state index contributed by atoms with van der Waals surface area (Å²) in [6.45, 7) is 11.3. The van der Waals surface area contributed by atoms with E-state index in [0.717, 1.165) is 5.25 Å². The van der Waals surface area contributed by atoms with Crippen molar-refractivity contribution < 1.29 is 0 Å². The van der Waals surface area contributed by atoms with Gasteiger partial charge >= 0.3 is 0 Å². The third-order valence-corrected chi connectivity index (χ3v) is 5.24. The molecule has 0 aromatic carbocycles. The van der Waals surface area contributed by atoms with Crippen LogP contribution in [-0.2, 0) is 0 Å². The predicted molar refractivity (Wildman–Crippen MR) is 77.1 cm³/mol. The van der Waals surface area contributed by atoms with Crippen molar-refractivity contribution in [1.29, 1.82) is 0 Å². The van der Waals surface area contributed by atoms with Crippen molar-refractivity contribution in [2.75, 3.05) is 0 Å². The largest absolute Gasteiger partial charge is 0.150 e. The summed E-state index contributed by atoms with van der Waals surface area (Å²) in [5.74, 6) is 0. The van der Waals surface area contributed by atoms with Gasteiger partial charge in [0, 0.05) is 10.00 Å². The molecule has 0 saturated carbocycles. The molecule has 1 unspecified atom stereocenters. The maximum atomic E-state index is 2.42. The lowest BCUT2D eigenvalue weighted by atomic mass is 10.0. The molecule has 0 N–H and O–H groups in total. The second-order valence-electron chi connectivity index (χ2n) is 5.47. The van der Waals surface area contributed by atoms with Crippen molar-refractivity contribution in [3.8, 4) is 0 Å². The molecule has 0 aromatic rings. The summed E-state index contributed by atoms with van der Waals surface area (Å²) in [5, 5.41) is 0.910. The van der Waals surface area contributed by atoms with Crippen LogP contribution in [0.5, 0.6) is 0 Å². The van der Waals surface area contributed by atoms with Crippen LogP contribution in [-0.4, -0.2) is 10.00 Å². The van der Waals surface area contributed by atoms with E-state index in [-0.39, 0.29) is 0 Å². The highest BCUT2D eigenvalue weighted by Crippen LogP contribution is 2.55. The van der Waals surface area contributed by atoms with Gasteiger partial charge < -0.3 is 0 Å². The molecular weight excluding hydrogens is 212 g/mol. The summed E-state index contributed by atoms with van der Waals surface area (Å²) < 4.78 is 0.571. The Kier molecular flexibility index (Phi) is 5.17. The van der Waals surface area contributed by atoms with Gasteiger partial charge in [0.1, 0.15) is 0 Å². The zero-order valence-corrected chi connectivity index (χ0v) is 12.3. The van der Waals surface area contributed by atoms with Gasteiger partial charge in [0.05, 0.1) is 0 Å². The first kappa shape index (κ1) is 13.9. The molecule has 0 bridgehead atoms. The third-order valence-electron chi connectivity index (χ3n) is 3.49. The number of thioether (sulfide) groups is 1. The van der Waals surface area contributed by atoms with Gasteiger partial charge in [-0.2, -0.15) is 0 Å². The van der Waals surface area contributed by atoms with Crippen LogP contribution in [0.1, 0.15) is 60.3 Å². The molecule has 1 heterocycles. The first-order valence-electron chi connectivity index (χ1n) is 6.41. The first-order chi connectivity index (χ1) is 7.45. The van der Waals surface area contributed by atoms with E-state index in [1.54, 1.807) is 5.57 Å². The third kappa shape index (κ3) is 4.78. The van der Waals surface area contributed by atoms with E-state index in [1.165, 1.54) is 31.3 Å². The fraction of sp³-hybridized carbons (Fsp3) is 0.733. The molecule has 1 aliphatic rings. The standard InChI is InChI=1S/C15H26S/c1-6-12(2)8-7-9-13(3)10-11-14-15(4,5)16-14/h6,9,14H,7-8,10-11H2,1-5H3. The number of rotatable bonds is 6. The number of allylic oxidation sites excluding steroid dienone is 4. The van der Waals surface area contributed by atoms with Gasteiger partial charge in [-0.25, -0.2) is 0 Å². The Morgan fingerprint density at radius 2 is 1.81 bits per heavy atom. The van der Waals surface area contributed by atoms with Crippen LogP contribution in [0.2, 0.25) is 0 Å². The van der Waals surface area contributed by atoms with Gasteiger partial charge in [0.25, 0.3) is 0 Å². The Labute approximate surface area is 106 Å². The SMILES string of the molecule is CC=C(C)CCC=C(C)CCC1SC1(C)C. The Bertz CT molecular complexity index is 284. The van der Waals surface area contributed by atoms with Crippen LogP contribution in [0.15, 0.2) is 23.3 Å². The van der Waals surface area contributed by atoms with Crippen molar-refractivity contribution in [2.24, 2.45) is 0 Å². The summed E-state index contributed by atoms with van der Waals surface area (Å²) in [5.41, 5.74) is 3.08. The Morgan fingerprint density at radius 3 is 2.31 bits per heavy atom. The number of hydrogen-bond acceptors (Lipinski definition) is 1. The highest BCUT2D eigenvalue weighted by atomic mass is 32.2. The van der Waals surface area contributed by atoms with Crippen molar-refractivity contribution >= 4 is 11.8 Å². The minimum atomic E-state index is 0.571. The molecule has 16 heavy (non-hydrogen) atoms. The van der Waals surface area contributed by atoms with Crippen LogP contribution < -0.4 is 0 Å². The molecule has 1 rings (SSSR count). The van der Waals surface area contributed by atoms with Gasteiger partial charge in [-0.15, -0.1) is 11.8 Å². The summed E-state index contributed by atoms with van der Waals surface area (Å²) >= 11 is 2.13. The van der Waals surface area contributed by atoms with Crippen molar-refractivity contribution in [2.45, 2.75) is 70.3 Å². The van der Waals surface area contributed by atoms with Crippen molar-refractivity contribution in [1.82, 2.24) is 0 Å². The average Bonchev–Trinajstić information content (AvgIpc) is 2.83. The molecule has 0 nitrogen and oxygen atoms in total. The molecular formula is C15H26S. The molecule has 92 valence electrons. The highest BCUT2D eigenvalue weighted by molar-refractivity contribution is 8.08. The minimum absolute atomic E-state index is 0.571. The Balaban J connectivity index is 2.15. The zero-order chi connectivity index (χ0) is 12.2. The molecule has 0 aliphatic carbocycles. The smallest absolute Gasteiger partial charge is 0.0225 e. The average molecular weight is 238 g/mol. The Hall–Kier alpha value is -0.170. The quantitative estimate of drug-likeness (QED) is 0.444. The Morgan fingerprint density at radius 1 is 1.19 bits per heavy atom. The second kappa shape index (κ2) is 5.95. The lowest BCUT2D eigenvalue weighted by Crippen LogP contribution is -2.02. The topological polar surface area (TPSA) is 0 Å². The summed E-state index contributed by atoms with van der Waals surface area (Å²) in [7, 11) is 0. The molecule has 1 saturated heterocycles. The fourth-order valence-corrected chi connectivity index (χ4v) is 2.91. The van der Waals surface area contributed by atoms with Crippen molar-refractivity contribution in [3.63, 3.8) is 0 Å². The van der Waals surface area contributed by atoms with Crippen LogP contribution in [0.4, 0.5) is 0 Å². The minimum Gasteiger partial charge on any atom is -0.150 e. The summed E-state index contributed by atoms with van der Waals surface area (Å²) in [6, 6.07) is 0. The number of hydrogen-bond donors (Lipinski definition) is 0. The van der Waals surface area contributed by atoms with E-state index >= 15 is 0 Å². The zero-order valence-electron chi connectivity index (χ0n) is 11.5. The van der Waals surface area contributed by atoms with Crippen LogP contribution >= 0.6 is 11.8 Å². The first-order valence-corrected chi connectivity index (χ1v) is 7.29. The molecule has 0 aromatic heterocycles. The summed E-state index contributed by atoms with van der Waals surface area (Å²) in [6.07, 6.45) is 9.72. The molecule has 1 fully saturated rings. The van der Waals surface area contributed by atoms with Crippen LogP contribution in [0.25, 0.3) is 0 Å². The van der Waals surface area contributed by atoms with E-state index in [2.05, 4.69) is 58.5 Å². The van der Waals surface area contributed by atoms with Gasteiger partial charge in [-0.3, -0.25) is 0 Å². The molecule has 1 heteroatoms. The maximum Gasteiger partial charge on any atom is 0.0225 e. The highest BCUT2D eigenvalue weighted by Gasteiger charge is 2.45. The molecule has 0 amide bonds. The van der Waals surface area contributed by atoms with Crippen molar-refractivity contribution in [3.05, 3.63) is 23.3 Å². The van der Waals surface area contributed by atoms with E-state index in [0.29, 0.717) is 4.75 Å².